The van der Waals surface area contributed by atoms with Crippen LogP contribution in [-0.4, -0.2) is 10.6 Å². The molecule has 1 aliphatic carbocycles. The van der Waals surface area contributed by atoms with E-state index >= 15 is 0 Å². The Labute approximate surface area is 150 Å². The van der Waals surface area contributed by atoms with Gasteiger partial charge in [-0.2, -0.15) is 0 Å². The molecule has 3 aromatic carbocycles. The van der Waals surface area contributed by atoms with Crippen LogP contribution in [0, 0.1) is 0 Å². The molecule has 0 heterocycles. The Kier molecular flexibility index (Phi) is 4.23. The van der Waals surface area contributed by atoms with Gasteiger partial charge in [-0.3, -0.25) is 0 Å². The summed E-state index contributed by atoms with van der Waals surface area (Å²) in [4.78, 5) is 13.0. The first-order chi connectivity index (χ1) is 12.2. The van der Waals surface area contributed by atoms with Crippen molar-refractivity contribution in [2.24, 2.45) is 0 Å². The SMILES string of the molecule is OP(c1ccccc1)(c1ccccc1)(c1ccccc1)C1CCCC1. The van der Waals surface area contributed by atoms with Gasteiger partial charge >= 0.3 is 150 Å². The molecule has 1 N–H and O–H groups in total. The zero-order valence-corrected chi connectivity index (χ0v) is 15.4. The van der Waals surface area contributed by atoms with Crippen molar-refractivity contribution >= 4 is 22.7 Å². The maximum atomic E-state index is 13.0. The molecule has 0 saturated heterocycles. The molecule has 0 radical (unpaired) electrons. The van der Waals surface area contributed by atoms with Crippen molar-refractivity contribution in [1.82, 2.24) is 0 Å². The Hall–Kier alpha value is -1.95. The summed E-state index contributed by atoms with van der Waals surface area (Å²) in [5.41, 5.74) is 0.290. The average Bonchev–Trinajstić information content (AvgIpc) is 3.25. The van der Waals surface area contributed by atoms with E-state index in [4.69, 9.17) is 0 Å². The van der Waals surface area contributed by atoms with E-state index in [0.717, 1.165) is 28.8 Å². The van der Waals surface area contributed by atoms with Crippen LogP contribution in [0.2, 0.25) is 0 Å². The van der Waals surface area contributed by atoms with Crippen molar-refractivity contribution in [1.29, 1.82) is 0 Å². The Morgan fingerprint density at radius 3 is 1.20 bits per heavy atom. The van der Waals surface area contributed by atoms with Gasteiger partial charge in [0.2, 0.25) is 0 Å². The van der Waals surface area contributed by atoms with E-state index in [-0.39, 0.29) is 0 Å². The zero-order chi connectivity index (χ0) is 17.2. The van der Waals surface area contributed by atoms with Gasteiger partial charge in [0.1, 0.15) is 0 Å². The van der Waals surface area contributed by atoms with E-state index in [0.29, 0.717) is 5.66 Å². The zero-order valence-electron chi connectivity index (χ0n) is 14.5. The topological polar surface area (TPSA) is 20.2 Å². The van der Waals surface area contributed by atoms with Crippen LogP contribution in [-0.2, 0) is 0 Å². The average molecular weight is 348 g/mol. The monoisotopic (exact) mass is 348 g/mol. The minimum absolute atomic E-state index is 0.290. The molecule has 0 unspecified atom stereocenters. The van der Waals surface area contributed by atoms with Crippen LogP contribution in [0.3, 0.4) is 0 Å². The number of rotatable bonds is 4. The number of hydrogen-bond donors (Lipinski definition) is 1. The van der Waals surface area contributed by atoms with Crippen molar-refractivity contribution < 1.29 is 4.89 Å². The quantitative estimate of drug-likeness (QED) is 0.695. The second-order valence-corrected chi connectivity index (χ2v) is 11.6. The molecule has 0 aromatic heterocycles. The van der Waals surface area contributed by atoms with Gasteiger partial charge < -0.3 is 0 Å². The summed E-state index contributed by atoms with van der Waals surface area (Å²) in [6, 6.07) is 31.3. The molecule has 0 atom stereocenters. The molecule has 128 valence electrons. The summed E-state index contributed by atoms with van der Waals surface area (Å²) in [5.74, 6) is 0. The second-order valence-electron chi connectivity index (χ2n) is 7.08. The van der Waals surface area contributed by atoms with Crippen molar-refractivity contribution in [3.63, 3.8) is 0 Å². The predicted octanol–water partition coefficient (Wildman–Crippen LogP) is 4.37. The first-order valence-corrected chi connectivity index (χ1v) is 11.4. The third-order valence-corrected chi connectivity index (χ3v) is 11.8. The van der Waals surface area contributed by atoms with Crippen molar-refractivity contribution in [2.75, 3.05) is 0 Å². The fourth-order valence-electron chi connectivity index (χ4n) is 4.68. The number of hydrogen-bond acceptors (Lipinski definition) is 1. The molecule has 0 spiro atoms. The summed E-state index contributed by atoms with van der Waals surface area (Å²) in [6.07, 6.45) is 4.59. The van der Waals surface area contributed by atoms with Crippen LogP contribution in [0.4, 0.5) is 0 Å². The first-order valence-electron chi connectivity index (χ1n) is 9.18. The van der Waals surface area contributed by atoms with Gasteiger partial charge in [0.05, 0.1) is 0 Å². The Morgan fingerprint density at radius 1 is 0.560 bits per heavy atom. The second kappa shape index (κ2) is 6.41. The fourth-order valence-corrected chi connectivity index (χ4v) is 10.5. The molecule has 0 aliphatic heterocycles. The van der Waals surface area contributed by atoms with Crippen LogP contribution in [0.1, 0.15) is 25.7 Å². The number of benzene rings is 3. The Morgan fingerprint density at radius 2 is 0.880 bits per heavy atom. The first kappa shape index (κ1) is 16.5. The summed E-state index contributed by atoms with van der Waals surface area (Å²) in [5, 5.41) is 3.29. The van der Waals surface area contributed by atoms with Gasteiger partial charge in [-0.15, -0.1) is 0 Å². The normalized spacial score (nSPS) is 17.1. The van der Waals surface area contributed by atoms with Crippen LogP contribution in [0.5, 0.6) is 0 Å². The van der Waals surface area contributed by atoms with Crippen LogP contribution >= 0.6 is 6.83 Å². The van der Waals surface area contributed by atoms with Gasteiger partial charge in [0.25, 0.3) is 0 Å². The molecule has 1 nitrogen and oxygen atoms in total. The standard InChI is InChI=1S/C23H25OP/c24-25(23-18-10-11-19-23,20-12-4-1-5-13-20,21-14-6-2-7-15-21)22-16-8-3-9-17-22/h1-9,12-17,23-24H,10-11,18-19H2. The van der Waals surface area contributed by atoms with Crippen molar-refractivity contribution in [3.8, 4) is 0 Å². The van der Waals surface area contributed by atoms with Gasteiger partial charge in [-0.05, 0) is 0 Å². The maximum absolute atomic E-state index is 13.0. The molecule has 3 aromatic rings. The molecule has 1 aliphatic rings. The van der Waals surface area contributed by atoms with Crippen LogP contribution in [0.15, 0.2) is 91.0 Å². The molecular weight excluding hydrogens is 323 g/mol. The summed E-state index contributed by atoms with van der Waals surface area (Å²) < 4.78 is 0. The summed E-state index contributed by atoms with van der Waals surface area (Å²) in [6.45, 7) is -3.51. The van der Waals surface area contributed by atoms with Gasteiger partial charge in [0.15, 0.2) is 0 Å². The third kappa shape index (κ3) is 2.38. The van der Waals surface area contributed by atoms with Crippen molar-refractivity contribution in [2.45, 2.75) is 31.3 Å². The van der Waals surface area contributed by atoms with E-state index in [1.165, 1.54) is 12.8 Å². The molecular formula is C23H25OP. The minimum atomic E-state index is -3.51. The van der Waals surface area contributed by atoms with E-state index in [9.17, 15) is 4.89 Å². The third-order valence-electron chi connectivity index (χ3n) is 5.87. The molecule has 1 fully saturated rings. The van der Waals surface area contributed by atoms with E-state index in [2.05, 4.69) is 72.8 Å². The van der Waals surface area contributed by atoms with E-state index in [1.807, 2.05) is 18.2 Å². The van der Waals surface area contributed by atoms with Crippen LogP contribution in [0.25, 0.3) is 0 Å². The Bertz CT molecular complexity index is 724. The van der Waals surface area contributed by atoms with Gasteiger partial charge in [-0.1, -0.05) is 0 Å². The van der Waals surface area contributed by atoms with Gasteiger partial charge in [-0.25, -0.2) is 0 Å². The summed E-state index contributed by atoms with van der Waals surface area (Å²) in [7, 11) is 0. The van der Waals surface area contributed by atoms with E-state index in [1.54, 1.807) is 0 Å². The molecule has 4 rings (SSSR count). The van der Waals surface area contributed by atoms with Crippen LogP contribution < -0.4 is 15.9 Å². The van der Waals surface area contributed by atoms with Gasteiger partial charge in [0, 0.05) is 0 Å². The van der Waals surface area contributed by atoms with Crippen molar-refractivity contribution in [3.05, 3.63) is 91.0 Å². The fraction of sp³-hybridized carbons (Fsp3) is 0.217. The predicted molar refractivity (Wildman–Crippen MR) is 110 cm³/mol. The van der Waals surface area contributed by atoms with E-state index < -0.39 is 6.83 Å². The molecule has 1 saturated carbocycles. The molecule has 0 amide bonds. The molecule has 2 heteroatoms. The Balaban J connectivity index is 2.12. The molecule has 25 heavy (non-hydrogen) atoms. The summed E-state index contributed by atoms with van der Waals surface area (Å²) >= 11 is 0. The molecule has 0 bridgehead atoms.